The molecule has 7 heteroatoms. The second kappa shape index (κ2) is 7.43. The Morgan fingerprint density at radius 1 is 1.28 bits per heavy atom. The summed E-state index contributed by atoms with van der Waals surface area (Å²) in [5.74, 6) is -1.92. The topological polar surface area (TPSA) is 127 Å². The number of hydrogen-bond acceptors (Lipinski definition) is 6. The zero-order valence-corrected chi connectivity index (χ0v) is 14.2. The minimum Gasteiger partial charge on any atom is -0.504 e. The first-order valence-corrected chi connectivity index (χ1v) is 8.12. The molecule has 1 aliphatic carbocycles. The van der Waals surface area contributed by atoms with Crippen molar-refractivity contribution in [1.29, 1.82) is 0 Å². The van der Waals surface area contributed by atoms with Crippen molar-refractivity contribution in [1.82, 2.24) is 0 Å². The molecule has 7 nitrogen and oxygen atoms in total. The molecular formula is C18H24O7. The number of benzene rings is 1. The number of carboxylic acid groups (broad SMARTS) is 1. The zero-order valence-electron chi connectivity index (χ0n) is 14.2. The Balaban J connectivity index is 2.04. The van der Waals surface area contributed by atoms with Crippen LogP contribution >= 0.6 is 0 Å². The first-order valence-electron chi connectivity index (χ1n) is 8.12. The van der Waals surface area contributed by atoms with Crippen molar-refractivity contribution in [2.24, 2.45) is 11.8 Å². The number of aliphatic carboxylic acids is 1. The van der Waals surface area contributed by atoms with Crippen molar-refractivity contribution in [2.75, 3.05) is 0 Å². The average Bonchev–Trinajstić information content (AvgIpc) is 2.53. The fraction of sp³-hybridized carbons (Fsp3) is 0.500. The lowest BCUT2D eigenvalue weighted by Gasteiger charge is -2.41. The summed E-state index contributed by atoms with van der Waals surface area (Å²) < 4.78 is 5.53. The number of phenolic OH excluding ortho intramolecular Hbond substituents is 2. The Labute approximate surface area is 145 Å². The Morgan fingerprint density at radius 2 is 1.96 bits per heavy atom. The molecule has 1 aliphatic rings. The van der Waals surface area contributed by atoms with Crippen molar-refractivity contribution in [3.8, 4) is 11.5 Å². The Morgan fingerprint density at radius 3 is 2.56 bits per heavy atom. The van der Waals surface area contributed by atoms with Crippen LogP contribution in [0.3, 0.4) is 0 Å². The van der Waals surface area contributed by atoms with Gasteiger partial charge in [0.15, 0.2) is 23.4 Å². The molecule has 0 aliphatic heterocycles. The van der Waals surface area contributed by atoms with Gasteiger partial charge in [-0.15, -0.1) is 0 Å². The molecule has 5 atom stereocenters. The minimum absolute atomic E-state index is 0.0274. The van der Waals surface area contributed by atoms with Crippen molar-refractivity contribution in [2.45, 2.75) is 44.7 Å². The van der Waals surface area contributed by atoms with E-state index in [0.29, 0.717) is 5.56 Å². The zero-order chi connectivity index (χ0) is 18.8. The van der Waals surface area contributed by atoms with Crippen molar-refractivity contribution in [3.05, 3.63) is 29.8 Å². The van der Waals surface area contributed by atoms with Crippen molar-refractivity contribution in [3.63, 3.8) is 0 Å². The number of phenols is 2. The number of rotatable bonds is 5. The highest BCUT2D eigenvalue weighted by Gasteiger charge is 2.47. The molecule has 0 amide bonds. The van der Waals surface area contributed by atoms with Gasteiger partial charge in [0.05, 0.1) is 6.10 Å². The summed E-state index contributed by atoms with van der Waals surface area (Å²) in [5.41, 5.74) is -1.31. The maximum Gasteiger partial charge on any atom is 0.335 e. The fourth-order valence-corrected chi connectivity index (χ4v) is 3.10. The Bertz CT molecular complexity index is 657. The van der Waals surface area contributed by atoms with Gasteiger partial charge in [-0.05, 0) is 42.0 Å². The first kappa shape index (κ1) is 19.2. The number of carboxylic acids is 1. The second-order valence-corrected chi connectivity index (χ2v) is 6.75. The van der Waals surface area contributed by atoms with Crippen LogP contribution in [0.15, 0.2) is 24.3 Å². The molecule has 2 rings (SSSR count). The number of hydrogen-bond donors (Lipinski definition) is 5. The molecule has 0 spiro atoms. The molecular weight excluding hydrogens is 328 g/mol. The molecule has 1 saturated carbocycles. The molecule has 0 aromatic heterocycles. The maximum absolute atomic E-state index is 11.3. The third kappa shape index (κ3) is 4.50. The third-order valence-corrected chi connectivity index (χ3v) is 4.85. The molecule has 0 saturated heterocycles. The van der Waals surface area contributed by atoms with E-state index >= 15 is 0 Å². The van der Waals surface area contributed by atoms with E-state index in [-0.39, 0.29) is 36.2 Å². The number of aromatic hydroxyl groups is 2. The molecule has 5 N–H and O–H groups in total. The predicted molar refractivity (Wildman–Crippen MR) is 89.8 cm³/mol. The lowest BCUT2D eigenvalue weighted by atomic mass is 9.71. The van der Waals surface area contributed by atoms with Gasteiger partial charge in [0.2, 0.25) is 0 Å². The van der Waals surface area contributed by atoms with Crippen LogP contribution in [0.1, 0.15) is 32.3 Å². The van der Waals surface area contributed by atoms with Crippen LogP contribution in [0.5, 0.6) is 11.5 Å². The molecule has 1 fully saturated rings. The number of carbonyl (C=O) groups is 1. The van der Waals surface area contributed by atoms with Crippen LogP contribution in [0.4, 0.5) is 0 Å². The Kier molecular flexibility index (Phi) is 5.72. The van der Waals surface area contributed by atoms with E-state index in [4.69, 9.17) is 4.74 Å². The molecule has 0 bridgehead atoms. The van der Waals surface area contributed by atoms with E-state index in [1.54, 1.807) is 6.07 Å². The molecule has 1 aromatic rings. The van der Waals surface area contributed by atoms with E-state index in [9.17, 15) is 30.3 Å². The van der Waals surface area contributed by atoms with Gasteiger partial charge in [-0.3, -0.25) is 0 Å². The van der Waals surface area contributed by atoms with E-state index in [1.165, 1.54) is 24.3 Å². The maximum atomic E-state index is 11.3. The summed E-state index contributed by atoms with van der Waals surface area (Å²) in [7, 11) is 0. The molecule has 1 aromatic carbocycles. The minimum atomic E-state index is -1.86. The first-order chi connectivity index (χ1) is 11.6. The molecule has 5 unspecified atom stereocenters. The molecule has 138 valence electrons. The summed E-state index contributed by atoms with van der Waals surface area (Å²) in [6.07, 6.45) is 0.979. The molecule has 0 radical (unpaired) electrons. The van der Waals surface area contributed by atoms with E-state index in [2.05, 4.69) is 0 Å². The van der Waals surface area contributed by atoms with Crippen LogP contribution in [-0.2, 0) is 9.53 Å². The largest absolute Gasteiger partial charge is 0.504 e. The van der Waals surface area contributed by atoms with Crippen molar-refractivity contribution >= 4 is 12.0 Å². The van der Waals surface area contributed by atoms with Gasteiger partial charge in [0, 0.05) is 6.42 Å². The molecule has 0 heterocycles. The Hall–Kier alpha value is -2.09. The lowest BCUT2D eigenvalue weighted by molar-refractivity contribution is -0.192. The number of ether oxygens (including phenoxy) is 1. The van der Waals surface area contributed by atoms with Crippen molar-refractivity contribution < 1.29 is 35.1 Å². The highest BCUT2D eigenvalue weighted by Crippen LogP contribution is 2.38. The van der Waals surface area contributed by atoms with Gasteiger partial charge in [-0.1, -0.05) is 26.0 Å². The van der Waals surface area contributed by atoms with Gasteiger partial charge >= 0.3 is 5.97 Å². The lowest BCUT2D eigenvalue weighted by Crippen LogP contribution is -2.51. The monoisotopic (exact) mass is 352 g/mol. The van der Waals surface area contributed by atoms with Gasteiger partial charge in [-0.25, -0.2) is 4.79 Å². The van der Waals surface area contributed by atoms with Crippen LogP contribution < -0.4 is 0 Å². The van der Waals surface area contributed by atoms with E-state index in [1.807, 2.05) is 13.8 Å². The average molecular weight is 352 g/mol. The third-order valence-electron chi connectivity index (χ3n) is 4.85. The predicted octanol–water partition coefficient (Wildman–Crippen LogP) is 1.70. The van der Waals surface area contributed by atoms with Crippen LogP contribution in [0.25, 0.3) is 6.08 Å². The smallest absolute Gasteiger partial charge is 0.335 e. The summed E-state index contributed by atoms with van der Waals surface area (Å²) in [6.45, 7) is 3.74. The molecule has 25 heavy (non-hydrogen) atoms. The standard InChI is InChI=1S/C18H24O7/c1-10-8-18(24,17(22)23)9-15(11(10)2)25-16(21)6-4-12-3-5-13(19)14(20)7-12/h3-7,10-11,15-16,19-21,24H,8-9H2,1-2H3,(H,22,23)/b6-4+. The summed E-state index contributed by atoms with van der Waals surface area (Å²) in [4.78, 5) is 11.3. The van der Waals surface area contributed by atoms with Gasteiger partial charge in [0.25, 0.3) is 0 Å². The van der Waals surface area contributed by atoms with Crippen LogP contribution in [-0.4, -0.2) is 49.5 Å². The second-order valence-electron chi connectivity index (χ2n) is 6.75. The summed E-state index contributed by atoms with van der Waals surface area (Å²) in [6, 6.07) is 4.19. The van der Waals surface area contributed by atoms with E-state index in [0.717, 1.165) is 0 Å². The van der Waals surface area contributed by atoms with E-state index < -0.39 is 24.0 Å². The summed E-state index contributed by atoms with van der Waals surface area (Å²) >= 11 is 0. The van der Waals surface area contributed by atoms with Gasteiger partial charge < -0.3 is 30.3 Å². The highest BCUT2D eigenvalue weighted by atomic mass is 16.6. The SMILES string of the molecule is CC1CC(O)(C(=O)O)CC(OC(O)/C=C/c2ccc(O)c(O)c2)C1C. The van der Waals surface area contributed by atoms with Gasteiger partial charge in [-0.2, -0.15) is 0 Å². The fourth-order valence-electron chi connectivity index (χ4n) is 3.10. The van der Waals surface area contributed by atoms with Gasteiger partial charge in [0.1, 0.15) is 0 Å². The normalized spacial score (nSPS) is 31.1. The van der Waals surface area contributed by atoms with Crippen LogP contribution in [0.2, 0.25) is 0 Å². The summed E-state index contributed by atoms with van der Waals surface area (Å²) in [5, 5.41) is 48.2. The quantitative estimate of drug-likeness (QED) is 0.403. The number of aliphatic hydroxyl groups is 2. The van der Waals surface area contributed by atoms with Crippen LogP contribution in [0, 0.1) is 11.8 Å². The highest BCUT2D eigenvalue weighted by molar-refractivity contribution is 5.77. The number of aliphatic hydroxyl groups excluding tert-OH is 1.